The number of hydrazine groups is 2. The third-order valence-electron chi connectivity index (χ3n) is 7.98. The SMILES string of the molecule is CC(C)N1C2CCC(C3C2C2CCC3N(C(C)C)N2C(C)(C)C)N1C(C)(C)C. The molecule has 2 saturated carbocycles. The minimum atomic E-state index is 0.196. The van der Waals surface area contributed by atoms with Gasteiger partial charge in [-0.3, -0.25) is 0 Å². The van der Waals surface area contributed by atoms with Crippen LogP contribution in [-0.2, 0) is 0 Å². The average molecular weight is 391 g/mol. The molecule has 4 nitrogen and oxygen atoms in total. The second-order valence-electron chi connectivity index (χ2n) is 12.6. The van der Waals surface area contributed by atoms with Crippen molar-refractivity contribution in [3.8, 4) is 0 Å². The number of hydrogen-bond donors (Lipinski definition) is 0. The van der Waals surface area contributed by atoms with Crippen LogP contribution in [0.1, 0.15) is 94.9 Å². The Morgan fingerprint density at radius 1 is 0.536 bits per heavy atom. The van der Waals surface area contributed by atoms with E-state index in [9.17, 15) is 0 Å². The molecule has 4 aliphatic heterocycles. The highest BCUT2D eigenvalue weighted by Crippen LogP contribution is 2.58. The van der Waals surface area contributed by atoms with Crippen LogP contribution in [0, 0.1) is 11.8 Å². The highest BCUT2D eigenvalue weighted by molar-refractivity contribution is 5.16. The van der Waals surface area contributed by atoms with Gasteiger partial charge in [-0.05, 0) is 107 Å². The number of nitrogens with zero attached hydrogens (tertiary/aromatic N) is 4. The fourth-order valence-electron chi connectivity index (χ4n) is 7.79. The van der Waals surface area contributed by atoms with Crippen molar-refractivity contribution in [1.29, 1.82) is 0 Å². The smallest absolute Gasteiger partial charge is 0.0300 e. The molecular weight excluding hydrogens is 344 g/mol. The summed E-state index contributed by atoms with van der Waals surface area (Å²) in [6, 6.07) is 3.99. The summed E-state index contributed by atoms with van der Waals surface area (Å²) in [5.41, 5.74) is 0.392. The van der Waals surface area contributed by atoms with Gasteiger partial charge in [0.25, 0.3) is 0 Å². The monoisotopic (exact) mass is 390 g/mol. The third-order valence-corrected chi connectivity index (χ3v) is 7.98. The lowest BCUT2D eigenvalue weighted by Gasteiger charge is -2.74. The Morgan fingerprint density at radius 2 is 0.821 bits per heavy atom. The van der Waals surface area contributed by atoms with Crippen LogP contribution in [0.4, 0.5) is 0 Å². The van der Waals surface area contributed by atoms with Crippen molar-refractivity contribution in [3.05, 3.63) is 0 Å². The highest BCUT2D eigenvalue weighted by Gasteiger charge is 2.65. The van der Waals surface area contributed by atoms with Crippen LogP contribution in [0.5, 0.6) is 0 Å². The lowest BCUT2D eigenvalue weighted by molar-refractivity contribution is -0.336. The molecule has 6 atom stereocenters. The normalized spacial score (nSPS) is 40.7. The Kier molecular flexibility index (Phi) is 5.02. The maximum absolute atomic E-state index is 2.84. The molecule has 28 heavy (non-hydrogen) atoms. The van der Waals surface area contributed by atoms with E-state index in [1.54, 1.807) is 0 Å². The van der Waals surface area contributed by atoms with Crippen LogP contribution in [0.25, 0.3) is 0 Å². The van der Waals surface area contributed by atoms with Crippen molar-refractivity contribution >= 4 is 0 Å². The van der Waals surface area contributed by atoms with Gasteiger partial charge in [0.15, 0.2) is 0 Å². The molecule has 6 unspecified atom stereocenters. The van der Waals surface area contributed by atoms with E-state index in [2.05, 4.69) is 89.3 Å². The van der Waals surface area contributed by atoms with Crippen molar-refractivity contribution < 1.29 is 0 Å². The molecule has 0 amide bonds. The summed E-state index contributed by atoms with van der Waals surface area (Å²) in [6.45, 7) is 24.2. The molecule has 0 radical (unpaired) electrons. The van der Waals surface area contributed by atoms with E-state index < -0.39 is 0 Å². The van der Waals surface area contributed by atoms with Gasteiger partial charge in [-0.25, -0.2) is 20.0 Å². The van der Waals surface area contributed by atoms with Gasteiger partial charge in [0.2, 0.25) is 0 Å². The van der Waals surface area contributed by atoms with Crippen LogP contribution >= 0.6 is 0 Å². The molecule has 162 valence electrons. The maximum Gasteiger partial charge on any atom is 0.0300 e. The van der Waals surface area contributed by atoms with Crippen molar-refractivity contribution in [2.24, 2.45) is 11.8 Å². The number of hydrogen-bond acceptors (Lipinski definition) is 4. The zero-order valence-corrected chi connectivity index (χ0v) is 20.2. The summed E-state index contributed by atoms with van der Waals surface area (Å²) in [6.07, 6.45) is 5.55. The summed E-state index contributed by atoms with van der Waals surface area (Å²) < 4.78 is 0. The number of fused-ring (bicyclic) bond motifs is 4. The van der Waals surface area contributed by atoms with Gasteiger partial charge in [0, 0.05) is 47.3 Å². The van der Waals surface area contributed by atoms with Gasteiger partial charge in [-0.2, -0.15) is 0 Å². The molecule has 4 heterocycles. The summed E-state index contributed by atoms with van der Waals surface area (Å²) in [5, 5.41) is 11.3. The van der Waals surface area contributed by atoms with Crippen molar-refractivity contribution in [2.45, 2.75) is 142 Å². The molecule has 6 rings (SSSR count). The minimum absolute atomic E-state index is 0.196. The van der Waals surface area contributed by atoms with Gasteiger partial charge < -0.3 is 0 Å². The number of rotatable bonds is 2. The van der Waals surface area contributed by atoms with Crippen molar-refractivity contribution in [1.82, 2.24) is 20.0 Å². The molecule has 6 fully saturated rings. The molecule has 0 aromatic rings. The van der Waals surface area contributed by atoms with Crippen LogP contribution in [0.15, 0.2) is 0 Å². The Hall–Kier alpha value is -0.160. The van der Waals surface area contributed by atoms with Gasteiger partial charge in [0.05, 0.1) is 0 Å². The molecule has 4 saturated heterocycles. The van der Waals surface area contributed by atoms with E-state index in [0.29, 0.717) is 36.3 Å². The molecule has 0 spiro atoms. The Labute approximate surface area is 174 Å². The summed E-state index contributed by atoms with van der Waals surface area (Å²) in [5.74, 6) is 1.65. The van der Waals surface area contributed by atoms with Crippen LogP contribution in [0.2, 0.25) is 0 Å². The highest BCUT2D eigenvalue weighted by atomic mass is 15.7. The third kappa shape index (κ3) is 2.92. The summed E-state index contributed by atoms with van der Waals surface area (Å²) in [4.78, 5) is 0. The molecule has 4 bridgehead atoms. The van der Waals surface area contributed by atoms with E-state index in [1.165, 1.54) is 25.7 Å². The van der Waals surface area contributed by atoms with Gasteiger partial charge in [0.1, 0.15) is 0 Å². The zero-order chi connectivity index (χ0) is 20.8. The Balaban J connectivity index is 1.80. The lowest BCUT2D eigenvalue weighted by Crippen LogP contribution is -2.84. The second kappa shape index (κ2) is 6.67. The van der Waals surface area contributed by atoms with Crippen molar-refractivity contribution in [3.63, 3.8) is 0 Å². The quantitative estimate of drug-likeness (QED) is 0.674. The standard InChI is InChI=1S/C24H46N4/c1-15(2)25-17-11-13-19(27(25)23(5,6)7)22-18-12-14-20(21(17)22)28(24(8,9)10)26(18)16(3)4/h15-22H,11-14H2,1-10H3. The largest absolute Gasteiger partial charge is 0.235 e. The first-order valence-corrected chi connectivity index (χ1v) is 12.0. The Morgan fingerprint density at radius 3 is 1.07 bits per heavy atom. The van der Waals surface area contributed by atoms with E-state index in [4.69, 9.17) is 0 Å². The fraction of sp³-hybridized carbons (Fsp3) is 1.00. The average Bonchev–Trinajstić information content (AvgIpc) is 2.59. The van der Waals surface area contributed by atoms with Gasteiger partial charge in [-0.1, -0.05) is 0 Å². The fourth-order valence-corrected chi connectivity index (χ4v) is 7.79. The van der Waals surface area contributed by atoms with Crippen LogP contribution in [0.3, 0.4) is 0 Å². The first kappa shape index (κ1) is 21.1. The van der Waals surface area contributed by atoms with Gasteiger partial charge in [-0.15, -0.1) is 0 Å². The molecular formula is C24H46N4. The molecule has 0 N–H and O–H groups in total. The summed E-state index contributed by atoms with van der Waals surface area (Å²) in [7, 11) is 0. The first-order valence-electron chi connectivity index (χ1n) is 12.0. The van der Waals surface area contributed by atoms with E-state index >= 15 is 0 Å². The van der Waals surface area contributed by atoms with Crippen LogP contribution in [-0.4, -0.2) is 67.4 Å². The van der Waals surface area contributed by atoms with Crippen molar-refractivity contribution in [2.75, 3.05) is 0 Å². The topological polar surface area (TPSA) is 13.0 Å². The molecule has 2 aliphatic carbocycles. The maximum atomic E-state index is 2.84. The zero-order valence-electron chi connectivity index (χ0n) is 20.2. The minimum Gasteiger partial charge on any atom is -0.235 e. The predicted octanol–water partition coefficient (Wildman–Crippen LogP) is 4.76. The van der Waals surface area contributed by atoms with Crippen LogP contribution < -0.4 is 0 Å². The van der Waals surface area contributed by atoms with E-state index in [0.717, 1.165) is 11.8 Å². The van der Waals surface area contributed by atoms with E-state index in [1.807, 2.05) is 0 Å². The second-order valence-corrected chi connectivity index (χ2v) is 12.6. The molecule has 4 heteroatoms. The van der Waals surface area contributed by atoms with Gasteiger partial charge >= 0.3 is 0 Å². The lowest BCUT2D eigenvalue weighted by atomic mass is 9.57. The molecule has 0 aromatic carbocycles. The molecule has 6 aliphatic rings. The summed E-state index contributed by atoms with van der Waals surface area (Å²) >= 11 is 0. The first-order chi connectivity index (χ1) is 12.9. The molecule has 0 aromatic heterocycles. The van der Waals surface area contributed by atoms with E-state index in [-0.39, 0.29) is 11.1 Å². The Bertz CT molecular complexity index is 534. The predicted molar refractivity (Wildman–Crippen MR) is 118 cm³/mol.